The largest absolute Gasteiger partial charge is 0.480 e. The molecular formula is C31H37N5O8. The maximum Gasteiger partial charge on any atom is 0.407 e. The Bertz CT molecular complexity index is 1360. The molecule has 2 aromatic rings. The van der Waals surface area contributed by atoms with Crippen molar-refractivity contribution in [3.63, 3.8) is 0 Å². The van der Waals surface area contributed by atoms with Gasteiger partial charge in [0.15, 0.2) is 0 Å². The second kappa shape index (κ2) is 16.7. The van der Waals surface area contributed by atoms with E-state index in [4.69, 9.17) is 15.0 Å². The van der Waals surface area contributed by atoms with E-state index in [1.54, 1.807) is 0 Å². The third kappa shape index (κ3) is 9.85. The average Bonchev–Trinajstić information content (AvgIpc) is 3.31. The molecule has 0 fully saturated rings. The molecule has 0 heterocycles. The summed E-state index contributed by atoms with van der Waals surface area (Å²) in [4.78, 5) is 63.3. The number of aliphatic carboxylic acids is 1. The molecule has 13 nitrogen and oxygen atoms in total. The van der Waals surface area contributed by atoms with Crippen LogP contribution in [-0.2, 0) is 28.7 Å². The predicted molar refractivity (Wildman–Crippen MR) is 159 cm³/mol. The molecule has 0 aliphatic heterocycles. The first-order valence-electron chi connectivity index (χ1n) is 14.3. The van der Waals surface area contributed by atoms with Gasteiger partial charge >= 0.3 is 18.3 Å². The summed E-state index contributed by atoms with van der Waals surface area (Å²) in [7, 11) is 0. The lowest BCUT2D eigenvalue weighted by molar-refractivity contribution is -0.142. The first kappa shape index (κ1) is 33.6. The minimum Gasteiger partial charge on any atom is -0.480 e. The van der Waals surface area contributed by atoms with Crippen LogP contribution in [0, 0.1) is 5.92 Å². The monoisotopic (exact) mass is 607 g/mol. The predicted octanol–water partition coefficient (Wildman–Crippen LogP) is 2.29. The number of carbonyl (C=O) groups excluding carboxylic acids is 4. The molecule has 2 aromatic carbocycles. The van der Waals surface area contributed by atoms with Crippen molar-refractivity contribution in [1.82, 2.24) is 16.0 Å². The molecule has 0 aromatic heterocycles. The van der Waals surface area contributed by atoms with Gasteiger partial charge in [-0.15, -0.1) is 0 Å². The number of amides is 3. The SMILES string of the molecule is CC(C)C[C@H](NC(=O)COCCNC(=O)OCC1c2ccccc2-c2ccccc21)C(=O)N[C@@H](CCC(=O)C=[N+]=[N-])C(=O)O. The Labute approximate surface area is 254 Å². The van der Waals surface area contributed by atoms with E-state index in [-0.39, 0.29) is 50.9 Å². The molecule has 0 radical (unpaired) electrons. The highest BCUT2D eigenvalue weighted by Crippen LogP contribution is 2.44. The summed E-state index contributed by atoms with van der Waals surface area (Å²) in [6.07, 6.45) is -0.236. The van der Waals surface area contributed by atoms with Gasteiger partial charge in [-0.2, -0.15) is 4.79 Å². The Morgan fingerprint density at radius 1 is 0.977 bits per heavy atom. The number of ketones is 1. The molecule has 13 heteroatoms. The summed E-state index contributed by atoms with van der Waals surface area (Å²) in [6, 6.07) is 13.6. The van der Waals surface area contributed by atoms with Gasteiger partial charge in [-0.25, -0.2) is 9.59 Å². The molecule has 3 rings (SSSR count). The molecule has 3 amide bonds. The highest BCUT2D eigenvalue weighted by molar-refractivity contribution is 6.25. The van der Waals surface area contributed by atoms with E-state index in [1.807, 2.05) is 62.4 Å². The van der Waals surface area contributed by atoms with Crippen LogP contribution in [0.1, 0.15) is 50.2 Å². The standard InChI is InChI=1S/C31H37N5O8/c1-19(2)15-27(29(39)36-26(30(40)41)12-11-20(37)16-34-32)35-28(38)18-43-14-13-33-31(42)44-17-25-23-9-5-3-7-21(23)22-8-4-6-10-24(22)25/h3-10,16,19,25-27H,11-15,17-18H2,1-2H3,(H,33,42)(H,35,38)(H,36,39)(H,40,41)/t26-,27-/m0/s1. The fourth-order valence-electron chi connectivity index (χ4n) is 4.92. The number of hydrogen-bond donors (Lipinski definition) is 4. The van der Waals surface area contributed by atoms with Crippen LogP contribution in [0.3, 0.4) is 0 Å². The Hall–Kier alpha value is -4.87. The molecular weight excluding hydrogens is 570 g/mol. The fourth-order valence-corrected chi connectivity index (χ4v) is 4.92. The van der Waals surface area contributed by atoms with Crippen LogP contribution in [0.25, 0.3) is 16.7 Å². The minimum atomic E-state index is -1.38. The molecule has 0 bridgehead atoms. The Morgan fingerprint density at radius 3 is 2.20 bits per heavy atom. The van der Waals surface area contributed by atoms with Crippen molar-refractivity contribution in [2.24, 2.45) is 5.92 Å². The molecule has 1 aliphatic rings. The number of carbonyl (C=O) groups is 5. The maximum absolute atomic E-state index is 12.8. The summed E-state index contributed by atoms with van der Waals surface area (Å²) in [5.74, 6) is -3.37. The van der Waals surface area contributed by atoms with E-state index >= 15 is 0 Å². The summed E-state index contributed by atoms with van der Waals surface area (Å²) in [5.41, 5.74) is 12.9. The van der Waals surface area contributed by atoms with Crippen LogP contribution >= 0.6 is 0 Å². The first-order chi connectivity index (χ1) is 21.1. The topological polar surface area (TPSA) is 197 Å². The van der Waals surface area contributed by atoms with Crippen LogP contribution in [0.4, 0.5) is 4.79 Å². The molecule has 0 spiro atoms. The van der Waals surface area contributed by atoms with Crippen molar-refractivity contribution < 1.29 is 43.3 Å². The average molecular weight is 608 g/mol. The van der Waals surface area contributed by atoms with Gasteiger partial charge in [-0.1, -0.05) is 62.4 Å². The molecule has 0 saturated heterocycles. The zero-order valence-electron chi connectivity index (χ0n) is 24.7. The van der Waals surface area contributed by atoms with Crippen LogP contribution in [-0.4, -0.2) is 84.2 Å². The number of nitrogens with zero attached hydrogens (tertiary/aromatic N) is 2. The van der Waals surface area contributed by atoms with E-state index < -0.39 is 48.4 Å². The lowest BCUT2D eigenvalue weighted by Crippen LogP contribution is -2.52. The van der Waals surface area contributed by atoms with Gasteiger partial charge in [0, 0.05) is 18.9 Å². The second-order valence-electron chi connectivity index (χ2n) is 10.7. The van der Waals surface area contributed by atoms with Crippen LogP contribution in [0.2, 0.25) is 0 Å². The number of benzene rings is 2. The normalized spacial score (nSPS) is 13.1. The zero-order chi connectivity index (χ0) is 32.1. The lowest BCUT2D eigenvalue weighted by Gasteiger charge is -2.22. The van der Waals surface area contributed by atoms with E-state index in [0.29, 0.717) is 6.21 Å². The Morgan fingerprint density at radius 2 is 1.61 bits per heavy atom. The Kier molecular flexibility index (Phi) is 12.8. The van der Waals surface area contributed by atoms with Crippen molar-refractivity contribution in [2.45, 2.75) is 51.1 Å². The maximum atomic E-state index is 12.8. The third-order valence-corrected chi connectivity index (χ3v) is 6.95. The molecule has 234 valence electrons. The summed E-state index contributed by atoms with van der Waals surface area (Å²) in [6.45, 7) is 3.52. The van der Waals surface area contributed by atoms with Gasteiger partial charge < -0.3 is 36.1 Å². The fraction of sp³-hybridized carbons (Fsp3) is 0.419. The summed E-state index contributed by atoms with van der Waals surface area (Å²) >= 11 is 0. The number of carboxylic acid groups (broad SMARTS) is 1. The highest BCUT2D eigenvalue weighted by atomic mass is 16.5. The van der Waals surface area contributed by atoms with Crippen LogP contribution in [0.15, 0.2) is 48.5 Å². The number of alkyl carbamates (subject to hydrolysis) is 1. The van der Waals surface area contributed by atoms with E-state index in [9.17, 15) is 29.1 Å². The third-order valence-electron chi connectivity index (χ3n) is 6.95. The van der Waals surface area contributed by atoms with Gasteiger partial charge in [0.1, 0.15) is 25.3 Å². The highest BCUT2D eigenvalue weighted by Gasteiger charge is 2.29. The quantitative estimate of drug-likeness (QED) is 0.0909. The van der Waals surface area contributed by atoms with Crippen molar-refractivity contribution in [3.8, 4) is 11.1 Å². The number of nitrogens with one attached hydrogen (secondary N) is 3. The van der Waals surface area contributed by atoms with Crippen molar-refractivity contribution >= 4 is 35.9 Å². The van der Waals surface area contributed by atoms with Gasteiger partial charge in [0.05, 0.1) is 6.61 Å². The molecule has 0 unspecified atom stereocenters. The van der Waals surface area contributed by atoms with E-state index in [0.717, 1.165) is 22.3 Å². The molecule has 2 atom stereocenters. The second-order valence-corrected chi connectivity index (χ2v) is 10.7. The smallest absolute Gasteiger partial charge is 0.407 e. The first-order valence-corrected chi connectivity index (χ1v) is 14.3. The summed E-state index contributed by atoms with van der Waals surface area (Å²) < 4.78 is 10.8. The van der Waals surface area contributed by atoms with Crippen molar-refractivity contribution in [1.29, 1.82) is 0 Å². The van der Waals surface area contributed by atoms with Gasteiger partial charge in [-0.05, 0) is 41.0 Å². The molecule has 4 N–H and O–H groups in total. The number of Topliss-reactive ketones (excluding diaryl/α,β-unsaturated/α-hetero) is 1. The van der Waals surface area contributed by atoms with Crippen molar-refractivity contribution in [2.75, 3.05) is 26.4 Å². The van der Waals surface area contributed by atoms with Crippen LogP contribution < -0.4 is 16.0 Å². The molecule has 44 heavy (non-hydrogen) atoms. The van der Waals surface area contributed by atoms with Gasteiger partial charge in [0.25, 0.3) is 0 Å². The summed E-state index contributed by atoms with van der Waals surface area (Å²) in [5, 5.41) is 16.9. The van der Waals surface area contributed by atoms with E-state index in [1.165, 1.54) is 0 Å². The van der Waals surface area contributed by atoms with Crippen molar-refractivity contribution in [3.05, 3.63) is 65.2 Å². The Balaban J connectivity index is 1.40. The number of ether oxygens (including phenoxy) is 2. The van der Waals surface area contributed by atoms with E-state index in [2.05, 4.69) is 20.7 Å². The zero-order valence-corrected chi connectivity index (χ0v) is 24.7. The van der Waals surface area contributed by atoms with Gasteiger partial charge in [0.2, 0.25) is 17.6 Å². The number of fused-ring (bicyclic) bond motifs is 3. The molecule has 0 saturated carbocycles. The lowest BCUT2D eigenvalue weighted by atomic mass is 9.98. The number of rotatable bonds is 17. The molecule has 1 aliphatic carbocycles. The van der Waals surface area contributed by atoms with Crippen LogP contribution in [0.5, 0.6) is 0 Å². The number of carboxylic acids is 1. The number of hydrogen-bond acceptors (Lipinski definition) is 7. The minimum absolute atomic E-state index is 0.00488. The van der Waals surface area contributed by atoms with Gasteiger partial charge in [-0.3, -0.25) is 14.4 Å².